The standard InChI is InChI=1S/C17H22N4O4S2/c1-3-20(13-8-9-27(23,24)11-13)16(22)10-26-17-19-18-12-21(17)14-6-4-5-7-15(14)25-2/h4-7,12-13H,3,8-11H2,1-2H3/t13-/m0/s1. The average molecular weight is 411 g/mol. The number of nitrogens with zero attached hydrogens (tertiary/aromatic N) is 4. The normalized spacial score (nSPS) is 18.4. The first-order chi connectivity index (χ1) is 12.9. The van der Waals surface area contributed by atoms with Crippen molar-refractivity contribution in [2.45, 2.75) is 24.5 Å². The molecule has 0 unspecified atom stereocenters. The summed E-state index contributed by atoms with van der Waals surface area (Å²) < 4.78 is 30.6. The minimum Gasteiger partial charge on any atom is -0.495 e. The van der Waals surface area contributed by atoms with Gasteiger partial charge in [0, 0.05) is 12.6 Å². The van der Waals surface area contributed by atoms with Crippen LogP contribution in [-0.4, -0.2) is 70.9 Å². The van der Waals surface area contributed by atoms with Crippen molar-refractivity contribution in [3.8, 4) is 11.4 Å². The molecule has 1 atom stereocenters. The molecule has 146 valence electrons. The van der Waals surface area contributed by atoms with Crippen molar-refractivity contribution in [1.82, 2.24) is 19.7 Å². The fourth-order valence-electron chi connectivity index (χ4n) is 3.19. The maximum absolute atomic E-state index is 12.7. The molecular formula is C17H22N4O4S2. The molecule has 1 fully saturated rings. The third-order valence-electron chi connectivity index (χ3n) is 4.50. The van der Waals surface area contributed by atoms with Crippen LogP contribution >= 0.6 is 11.8 Å². The minimum absolute atomic E-state index is 0.0502. The number of methoxy groups -OCH3 is 1. The van der Waals surface area contributed by atoms with Crippen LogP contribution in [0, 0.1) is 0 Å². The van der Waals surface area contributed by atoms with Gasteiger partial charge in [0.2, 0.25) is 5.91 Å². The third kappa shape index (κ3) is 4.44. The second-order valence-corrected chi connectivity index (χ2v) is 9.35. The Morgan fingerprint density at radius 2 is 2.19 bits per heavy atom. The molecule has 1 saturated heterocycles. The highest BCUT2D eigenvalue weighted by Gasteiger charge is 2.33. The molecule has 10 heteroatoms. The number of carbonyl (C=O) groups is 1. The molecule has 0 aliphatic carbocycles. The van der Waals surface area contributed by atoms with E-state index in [0.717, 1.165) is 5.69 Å². The number of carbonyl (C=O) groups excluding carboxylic acids is 1. The molecule has 2 heterocycles. The summed E-state index contributed by atoms with van der Waals surface area (Å²) in [6.07, 6.45) is 2.08. The van der Waals surface area contributed by atoms with Gasteiger partial charge in [-0.25, -0.2) is 8.42 Å². The molecule has 27 heavy (non-hydrogen) atoms. The molecule has 1 aromatic carbocycles. The van der Waals surface area contributed by atoms with E-state index in [2.05, 4.69) is 10.2 Å². The first kappa shape index (κ1) is 19.7. The molecule has 0 bridgehead atoms. The van der Waals surface area contributed by atoms with Gasteiger partial charge in [-0.2, -0.15) is 0 Å². The van der Waals surface area contributed by atoms with E-state index in [0.29, 0.717) is 23.9 Å². The molecule has 0 saturated carbocycles. The Morgan fingerprint density at radius 3 is 2.85 bits per heavy atom. The Balaban J connectivity index is 1.70. The summed E-state index contributed by atoms with van der Waals surface area (Å²) in [5, 5.41) is 8.62. The van der Waals surface area contributed by atoms with Gasteiger partial charge in [-0.05, 0) is 25.5 Å². The fourth-order valence-corrected chi connectivity index (χ4v) is 5.72. The topological polar surface area (TPSA) is 94.4 Å². The van der Waals surface area contributed by atoms with Crippen LogP contribution in [0.2, 0.25) is 0 Å². The minimum atomic E-state index is -3.03. The maximum Gasteiger partial charge on any atom is 0.233 e. The molecule has 1 amide bonds. The van der Waals surface area contributed by atoms with Crippen molar-refractivity contribution in [2.24, 2.45) is 0 Å². The van der Waals surface area contributed by atoms with Gasteiger partial charge in [0.05, 0.1) is 30.1 Å². The highest BCUT2D eigenvalue weighted by molar-refractivity contribution is 7.99. The Bertz CT molecular complexity index is 913. The number of rotatable bonds is 7. The predicted molar refractivity (Wildman–Crippen MR) is 103 cm³/mol. The zero-order valence-electron chi connectivity index (χ0n) is 15.2. The smallest absolute Gasteiger partial charge is 0.233 e. The summed E-state index contributed by atoms with van der Waals surface area (Å²) >= 11 is 1.27. The monoisotopic (exact) mass is 410 g/mol. The number of amides is 1. The van der Waals surface area contributed by atoms with Crippen LogP contribution in [0.5, 0.6) is 5.75 Å². The van der Waals surface area contributed by atoms with Gasteiger partial charge < -0.3 is 9.64 Å². The lowest BCUT2D eigenvalue weighted by Gasteiger charge is -2.26. The molecule has 1 aromatic heterocycles. The van der Waals surface area contributed by atoms with Crippen LogP contribution in [0.3, 0.4) is 0 Å². The van der Waals surface area contributed by atoms with Gasteiger partial charge in [-0.15, -0.1) is 10.2 Å². The van der Waals surface area contributed by atoms with E-state index in [9.17, 15) is 13.2 Å². The van der Waals surface area contributed by atoms with Gasteiger partial charge >= 0.3 is 0 Å². The molecule has 2 aromatic rings. The molecule has 3 rings (SSSR count). The summed E-state index contributed by atoms with van der Waals surface area (Å²) in [5.41, 5.74) is 0.786. The summed E-state index contributed by atoms with van der Waals surface area (Å²) in [6, 6.07) is 7.25. The average Bonchev–Trinajstić information content (AvgIpc) is 3.26. The molecule has 0 N–H and O–H groups in total. The van der Waals surface area contributed by atoms with Gasteiger partial charge in [-0.3, -0.25) is 9.36 Å². The lowest BCUT2D eigenvalue weighted by molar-refractivity contribution is -0.129. The molecule has 1 aliphatic heterocycles. The van der Waals surface area contributed by atoms with Crippen molar-refractivity contribution in [2.75, 3.05) is 30.9 Å². The summed E-state index contributed by atoms with van der Waals surface area (Å²) in [7, 11) is -1.44. The van der Waals surface area contributed by atoms with Gasteiger partial charge in [0.15, 0.2) is 15.0 Å². The van der Waals surface area contributed by atoms with E-state index in [1.807, 2.05) is 31.2 Å². The lowest BCUT2D eigenvalue weighted by atomic mass is 10.2. The van der Waals surface area contributed by atoms with Crippen LogP contribution in [0.1, 0.15) is 13.3 Å². The van der Waals surface area contributed by atoms with Crippen molar-refractivity contribution >= 4 is 27.5 Å². The largest absolute Gasteiger partial charge is 0.495 e. The zero-order valence-corrected chi connectivity index (χ0v) is 16.9. The summed E-state index contributed by atoms with van der Waals surface area (Å²) in [6.45, 7) is 2.35. The first-order valence-corrected chi connectivity index (χ1v) is 11.4. The number of thioether (sulfide) groups is 1. The van der Waals surface area contributed by atoms with E-state index >= 15 is 0 Å². The van der Waals surface area contributed by atoms with Gasteiger partial charge in [0.25, 0.3) is 0 Å². The van der Waals surface area contributed by atoms with E-state index in [1.54, 1.807) is 22.9 Å². The molecule has 0 spiro atoms. The molecule has 8 nitrogen and oxygen atoms in total. The predicted octanol–water partition coefficient (Wildman–Crippen LogP) is 1.40. The highest BCUT2D eigenvalue weighted by Crippen LogP contribution is 2.27. The Labute approximate surface area is 162 Å². The molecular weight excluding hydrogens is 388 g/mol. The number of aromatic nitrogens is 3. The van der Waals surface area contributed by atoms with Gasteiger partial charge in [0.1, 0.15) is 12.1 Å². The third-order valence-corrected chi connectivity index (χ3v) is 7.17. The Hall–Kier alpha value is -2.07. The van der Waals surface area contributed by atoms with E-state index in [1.165, 1.54) is 11.8 Å². The number of ether oxygens (including phenoxy) is 1. The lowest BCUT2D eigenvalue weighted by Crippen LogP contribution is -2.42. The Kier molecular flexibility index (Phi) is 6.05. The first-order valence-electron chi connectivity index (χ1n) is 8.61. The van der Waals surface area contributed by atoms with Crippen LogP contribution < -0.4 is 4.74 Å². The van der Waals surface area contributed by atoms with Crippen LogP contribution in [0.4, 0.5) is 0 Å². The number of sulfone groups is 1. The van der Waals surface area contributed by atoms with E-state index in [-0.39, 0.29) is 29.2 Å². The summed E-state index contributed by atoms with van der Waals surface area (Å²) in [4.78, 5) is 14.3. The maximum atomic E-state index is 12.7. The van der Waals surface area contributed by atoms with Crippen LogP contribution in [0.25, 0.3) is 5.69 Å². The molecule has 0 radical (unpaired) electrons. The van der Waals surface area contributed by atoms with Crippen molar-refractivity contribution in [1.29, 1.82) is 0 Å². The van der Waals surface area contributed by atoms with Crippen molar-refractivity contribution < 1.29 is 17.9 Å². The summed E-state index contributed by atoms with van der Waals surface area (Å²) in [5.74, 6) is 0.944. The highest BCUT2D eigenvalue weighted by atomic mass is 32.2. The SMILES string of the molecule is CCN(C(=O)CSc1nncn1-c1ccccc1OC)[C@H]1CCS(=O)(=O)C1. The number of benzene rings is 1. The molecule has 1 aliphatic rings. The van der Waals surface area contributed by atoms with Gasteiger partial charge in [-0.1, -0.05) is 23.9 Å². The van der Waals surface area contributed by atoms with Crippen molar-refractivity contribution in [3.05, 3.63) is 30.6 Å². The number of para-hydroxylation sites is 2. The van der Waals surface area contributed by atoms with E-state index in [4.69, 9.17) is 4.74 Å². The Morgan fingerprint density at radius 1 is 1.41 bits per heavy atom. The zero-order chi connectivity index (χ0) is 19.4. The number of hydrogen-bond donors (Lipinski definition) is 0. The van der Waals surface area contributed by atoms with E-state index < -0.39 is 9.84 Å². The van der Waals surface area contributed by atoms with Crippen molar-refractivity contribution in [3.63, 3.8) is 0 Å². The van der Waals surface area contributed by atoms with Crippen LogP contribution in [0.15, 0.2) is 35.7 Å². The second-order valence-electron chi connectivity index (χ2n) is 6.18. The second kappa shape index (κ2) is 8.30. The fraction of sp³-hybridized carbons (Fsp3) is 0.471. The number of hydrogen-bond acceptors (Lipinski definition) is 7. The van der Waals surface area contributed by atoms with Crippen LogP contribution in [-0.2, 0) is 14.6 Å². The quantitative estimate of drug-likeness (QED) is 0.637.